The molecular weight excluding hydrogens is 564 g/mol. The summed E-state index contributed by atoms with van der Waals surface area (Å²) in [4.78, 5) is 13.9. The van der Waals surface area contributed by atoms with E-state index in [1.54, 1.807) is 11.8 Å². The largest absolute Gasteiger partial charge is 0.488 e. The molecule has 0 N–H and O–H groups in total. The lowest BCUT2D eigenvalue weighted by Crippen LogP contribution is -2.62. The lowest BCUT2D eigenvalue weighted by atomic mass is 9.97. The van der Waals surface area contributed by atoms with Crippen LogP contribution in [0.4, 0.5) is 0 Å². The van der Waals surface area contributed by atoms with Crippen LogP contribution in [0.1, 0.15) is 38.9 Å². The zero-order chi connectivity index (χ0) is 29.0. The molecule has 3 aliphatic heterocycles. The van der Waals surface area contributed by atoms with Crippen LogP contribution in [0.3, 0.4) is 0 Å². The average molecular weight is 597 g/mol. The fourth-order valence-corrected chi connectivity index (χ4v) is 6.89. The molecule has 0 spiro atoms. The van der Waals surface area contributed by atoms with Gasteiger partial charge in [0.1, 0.15) is 41.7 Å². The molecule has 6 atom stereocenters. The molecule has 0 saturated carbocycles. The van der Waals surface area contributed by atoms with E-state index in [2.05, 4.69) is 0 Å². The molecule has 3 aliphatic rings. The van der Waals surface area contributed by atoms with Gasteiger partial charge < -0.3 is 28.4 Å². The van der Waals surface area contributed by atoms with Crippen molar-refractivity contribution in [1.82, 2.24) is 0 Å². The van der Waals surface area contributed by atoms with E-state index in [9.17, 15) is 4.79 Å². The highest BCUT2D eigenvalue weighted by molar-refractivity contribution is 7.99. The van der Waals surface area contributed by atoms with Crippen LogP contribution in [-0.2, 0) is 42.7 Å². The van der Waals surface area contributed by atoms with Crippen molar-refractivity contribution in [2.75, 3.05) is 6.61 Å². The van der Waals surface area contributed by atoms with Gasteiger partial charge in [0, 0.05) is 11.3 Å². The Labute approximate surface area is 255 Å². The van der Waals surface area contributed by atoms with Crippen molar-refractivity contribution in [3.8, 4) is 5.75 Å². The van der Waals surface area contributed by atoms with E-state index in [-0.39, 0.29) is 6.10 Å². The number of hydrogen-bond acceptors (Lipinski definition) is 8. The molecule has 0 aliphatic carbocycles. The van der Waals surface area contributed by atoms with Crippen molar-refractivity contribution in [3.63, 3.8) is 0 Å². The van der Waals surface area contributed by atoms with Crippen LogP contribution in [-0.4, -0.2) is 42.4 Å². The standard InChI is InChI=1S/C35H32O7S/c36-33-29-26(17-10-18-27(29)37-19-23-11-4-1-5-12-23)22-43-35-32(41-33)31(38-20-24-13-6-2-7-14-24)30-28(40-35)21-39-34(42-30)25-15-8-3-9-16-25/h1-18,28,30-32,34-35H,19-22H2/t28-,30-,31+,32-,34-,35+/m1/s1. The van der Waals surface area contributed by atoms with Gasteiger partial charge in [-0.3, -0.25) is 0 Å². The second-order valence-electron chi connectivity index (χ2n) is 10.7. The topological polar surface area (TPSA) is 72.5 Å². The molecule has 7 nitrogen and oxygen atoms in total. The van der Waals surface area contributed by atoms with Gasteiger partial charge >= 0.3 is 5.97 Å². The van der Waals surface area contributed by atoms with E-state index in [0.29, 0.717) is 36.9 Å². The molecule has 2 saturated heterocycles. The molecule has 4 aromatic rings. The quantitative estimate of drug-likeness (QED) is 0.225. The zero-order valence-corrected chi connectivity index (χ0v) is 24.3. The molecule has 0 bridgehead atoms. The number of rotatable bonds is 7. The Bertz CT molecular complexity index is 1520. The van der Waals surface area contributed by atoms with E-state index in [4.69, 9.17) is 28.4 Å². The van der Waals surface area contributed by atoms with Crippen molar-refractivity contribution < 1.29 is 33.2 Å². The first-order valence-electron chi connectivity index (χ1n) is 14.5. The number of benzene rings is 4. The van der Waals surface area contributed by atoms with Gasteiger partial charge in [0.25, 0.3) is 0 Å². The second kappa shape index (κ2) is 12.9. The summed E-state index contributed by atoms with van der Waals surface area (Å²) in [5.41, 5.74) is 3.74. The minimum atomic E-state index is -0.715. The number of carbonyl (C=O) groups excluding carboxylic acids is 1. The zero-order valence-electron chi connectivity index (χ0n) is 23.5. The molecule has 0 aromatic heterocycles. The van der Waals surface area contributed by atoms with Crippen LogP contribution in [0, 0.1) is 0 Å². The molecular formula is C35H32O7S. The van der Waals surface area contributed by atoms with Crippen LogP contribution < -0.4 is 4.74 Å². The first-order valence-corrected chi connectivity index (χ1v) is 15.5. The van der Waals surface area contributed by atoms with E-state index in [1.807, 2.05) is 109 Å². The summed E-state index contributed by atoms with van der Waals surface area (Å²) in [5.74, 6) is 0.579. The van der Waals surface area contributed by atoms with Gasteiger partial charge in [-0.15, -0.1) is 11.8 Å². The average Bonchev–Trinajstić information content (AvgIpc) is 3.06. The van der Waals surface area contributed by atoms with Gasteiger partial charge in [-0.25, -0.2) is 4.79 Å². The summed E-state index contributed by atoms with van der Waals surface area (Å²) in [5, 5.41) is 0. The Morgan fingerprint density at radius 3 is 2.19 bits per heavy atom. The van der Waals surface area contributed by atoms with E-state index < -0.39 is 36.0 Å². The number of ether oxygens (including phenoxy) is 6. The van der Waals surface area contributed by atoms with Gasteiger partial charge in [-0.05, 0) is 22.8 Å². The minimum Gasteiger partial charge on any atom is -0.488 e. The summed E-state index contributed by atoms with van der Waals surface area (Å²) in [6, 6.07) is 35.3. The third-order valence-electron chi connectivity index (χ3n) is 7.84. The Morgan fingerprint density at radius 2 is 1.44 bits per heavy atom. The molecule has 4 aromatic carbocycles. The molecule has 220 valence electrons. The summed E-state index contributed by atoms with van der Waals surface area (Å²) in [6.07, 6.45) is -2.78. The Balaban J connectivity index is 1.17. The summed E-state index contributed by atoms with van der Waals surface area (Å²) in [6.45, 7) is 1.01. The smallest absolute Gasteiger partial charge is 0.342 e. The van der Waals surface area contributed by atoms with Crippen LogP contribution in [0.5, 0.6) is 5.75 Å². The third kappa shape index (κ3) is 6.20. The van der Waals surface area contributed by atoms with Crippen molar-refractivity contribution in [1.29, 1.82) is 0 Å². The van der Waals surface area contributed by atoms with E-state index in [1.165, 1.54) is 0 Å². The van der Waals surface area contributed by atoms with Crippen molar-refractivity contribution in [2.24, 2.45) is 0 Å². The third-order valence-corrected chi connectivity index (χ3v) is 9.03. The van der Waals surface area contributed by atoms with Crippen molar-refractivity contribution in [3.05, 3.63) is 137 Å². The molecule has 0 radical (unpaired) electrons. The predicted octanol–water partition coefficient (Wildman–Crippen LogP) is 6.46. The number of hydrogen-bond donors (Lipinski definition) is 0. The lowest BCUT2D eigenvalue weighted by Gasteiger charge is -2.49. The van der Waals surface area contributed by atoms with Gasteiger partial charge in [-0.1, -0.05) is 103 Å². The second-order valence-corrected chi connectivity index (χ2v) is 11.8. The number of fused-ring (bicyclic) bond motifs is 3. The maximum atomic E-state index is 13.9. The fraction of sp³-hybridized carbons (Fsp3) is 0.286. The molecule has 0 amide bonds. The number of carbonyl (C=O) groups is 1. The molecule has 0 unspecified atom stereocenters. The van der Waals surface area contributed by atoms with Gasteiger partial charge in [0.05, 0.1) is 13.2 Å². The molecule has 3 heterocycles. The monoisotopic (exact) mass is 596 g/mol. The first kappa shape index (κ1) is 28.1. The summed E-state index contributed by atoms with van der Waals surface area (Å²) >= 11 is 1.58. The number of thioether (sulfide) groups is 1. The van der Waals surface area contributed by atoms with E-state index in [0.717, 1.165) is 22.3 Å². The highest BCUT2D eigenvalue weighted by atomic mass is 32.2. The SMILES string of the molecule is O=C1O[C@@H]2[C@@H](OCc3ccccc3)[C@@H]3O[C@H](c4ccccc4)OC[C@H]3O[C@H]2SCc2cccc(OCc3ccccc3)c21. The highest BCUT2D eigenvalue weighted by Gasteiger charge is 2.53. The van der Waals surface area contributed by atoms with Crippen molar-refractivity contribution in [2.45, 2.75) is 55.1 Å². The molecule has 8 heteroatoms. The minimum absolute atomic E-state index is 0.335. The molecule has 7 rings (SSSR count). The fourth-order valence-electron chi connectivity index (χ4n) is 5.68. The molecule has 43 heavy (non-hydrogen) atoms. The molecule has 2 fully saturated rings. The maximum Gasteiger partial charge on any atom is 0.342 e. The Hall–Kier alpha value is -3.66. The number of esters is 1. The van der Waals surface area contributed by atoms with Crippen LogP contribution >= 0.6 is 11.8 Å². The van der Waals surface area contributed by atoms with Gasteiger partial charge in [0.2, 0.25) is 0 Å². The van der Waals surface area contributed by atoms with Gasteiger partial charge in [0.15, 0.2) is 12.4 Å². The van der Waals surface area contributed by atoms with Crippen molar-refractivity contribution >= 4 is 17.7 Å². The highest BCUT2D eigenvalue weighted by Crippen LogP contribution is 2.42. The van der Waals surface area contributed by atoms with Crippen LogP contribution in [0.2, 0.25) is 0 Å². The van der Waals surface area contributed by atoms with Gasteiger partial charge in [-0.2, -0.15) is 0 Å². The van der Waals surface area contributed by atoms with E-state index >= 15 is 0 Å². The first-order chi connectivity index (χ1) is 21.2. The van der Waals surface area contributed by atoms with Crippen LogP contribution in [0.25, 0.3) is 0 Å². The predicted molar refractivity (Wildman–Crippen MR) is 161 cm³/mol. The lowest BCUT2D eigenvalue weighted by molar-refractivity contribution is -0.324. The van der Waals surface area contributed by atoms with Crippen LogP contribution in [0.15, 0.2) is 109 Å². The normalized spacial score (nSPS) is 26.6. The maximum absolute atomic E-state index is 13.9. The Morgan fingerprint density at radius 1 is 0.744 bits per heavy atom. The Kier molecular flexibility index (Phi) is 8.45. The summed E-state index contributed by atoms with van der Waals surface area (Å²) < 4.78 is 38.2. The summed E-state index contributed by atoms with van der Waals surface area (Å²) in [7, 11) is 0.